The minimum absolute atomic E-state index is 0.104. The molecule has 0 saturated heterocycles. The van der Waals surface area contributed by atoms with Crippen LogP contribution in [-0.4, -0.2) is 24.0 Å². The van der Waals surface area contributed by atoms with Gasteiger partial charge in [-0.15, -0.1) is 5.10 Å². The van der Waals surface area contributed by atoms with Crippen molar-refractivity contribution >= 4 is 10.9 Å². The number of rotatable bonds is 5. The van der Waals surface area contributed by atoms with Gasteiger partial charge in [-0.3, -0.25) is 9.36 Å². The first-order valence-corrected chi connectivity index (χ1v) is 10.2. The van der Waals surface area contributed by atoms with Crippen molar-refractivity contribution in [1.29, 1.82) is 0 Å². The molecule has 2 aromatic heterocycles. The van der Waals surface area contributed by atoms with Gasteiger partial charge in [0.2, 0.25) is 0 Å². The third kappa shape index (κ3) is 3.44. The van der Waals surface area contributed by atoms with Crippen molar-refractivity contribution in [2.24, 2.45) is 0 Å². The molecule has 0 bridgehead atoms. The van der Waals surface area contributed by atoms with Crippen LogP contribution in [0.2, 0.25) is 0 Å². The van der Waals surface area contributed by atoms with Crippen LogP contribution in [0.5, 0.6) is 0 Å². The van der Waals surface area contributed by atoms with E-state index < -0.39 is 29.4 Å². The largest absolute Gasteiger partial charge is 0.388 e. The molecule has 0 aliphatic carbocycles. The van der Waals surface area contributed by atoms with Crippen molar-refractivity contribution in [2.75, 3.05) is 0 Å². The summed E-state index contributed by atoms with van der Waals surface area (Å²) in [6.45, 7) is 5.29. The van der Waals surface area contributed by atoms with E-state index in [4.69, 9.17) is 0 Å². The summed E-state index contributed by atoms with van der Waals surface area (Å²) in [7, 11) is 0. The highest BCUT2D eigenvalue weighted by Gasteiger charge is 2.20. The molecule has 0 spiro atoms. The van der Waals surface area contributed by atoms with E-state index in [1.165, 1.54) is 28.8 Å². The summed E-state index contributed by atoms with van der Waals surface area (Å²) in [5, 5.41) is 13.6. The molecule has 166 valence electrons. The number of aliphatic hydroxyl groups is 1. The fraction of sp³-hybridized carbons (Fsp3) is 0.261. The zero-order valence-corrected chi connectivity index (χ0v) is 17.8. The van der Waals surface area contributed by atoms with E-state index in [9.17, 15) is 19.1 Å². The summed E-state index contributed by atoms with van der Waals surface area (Å²) in [6, 6.07) is 8.02. The first kappa shape index (κ1) is 21.6. The van der Waals surface area contributed by atoms with Gasteiger partial charge in [0.25, 0.3) is 0 Å². The van der Waals surface area contributed by atoms with E-state index in [2.05, 4.69) is 5.10 Å². The highest BCUT2D eigenvalue weighted by Crippen LogP contribution is 2.26. The average Bonchev–Trinajstić information content (AvgIpc) is 3.09. The molecule has 0 aliphatic heterocycles. The first-order chi connectivity index (χ1) is 15.3. The highest BCUT2D eigenvalue weighted by atomic mass is 19.1. The molecule has 32 heavy (non-hydrogen) atoms. The smallest absolute Gasteiger partial charge is 0.350 e. The monoisotopic (exact) mass is 440 g/mol. The summed E-state index contributed by atoms with van der Waals surface area (Å²) in [6.07, 6.45) is 1.61. The normalized spacial score (nSPS) is 11.6. The van der Waals surface area contributed by atoms with Crippen molar-refractivity contribution < 1.29 is 13.9 Å². The molecule has 0 aliphatic rings. The predicted molar refractivity (Wildman–Crippen MR) is 117 cm³/mol. The molecule has 7 nitrogen and oxygen atoms in total. The Morgan fingerprint density at radius 3 is 2.47 bits per heavy atom. The van der Waals surface area contributed by atoms with Crippen LogP contribution in [-0.2, 0) is 13.2 Å². The van der Waals surface area contributed by atoms with E-state index in [0.29, 0.717) is 11.1 Å². The Morgan fingerprint density at radius 2 is 1.88 bits per heavy atom. The molecule has 1 N–H and O–H groups in total. The van der Waals surface area contributed by atoms with Gasteiger partial charge in [-0.2, -0.15) is 4.68 Å². The van der Waals surface area contributed by atoms with Gasteiger partial charge < -0.3 is 9.67 Å². The van der Waals surface area contributed by atoms with Crippen molar-refractivity contribution in [1.82, 2.24) is 18.9 Å². The maximum atomic E-state index is 15.2. The molecule has 0 unspecified atom stereocenters. The van der Waals surface area contributed by atoms with E-state index in [1.807, 2.05) is 13.8 Å². The minimum Gasteiger partial charge on any atom is -0.388 e. The van der Waals surface area contributed by atoms with E-state index in [-0.39, 0.29) is 35.0 Å². The second-order valence-electron chi connectivity index (χ2n) is 7.72. The third-order valence-corrected chi connectivity index (χ3v) is 5.42. The fourth-order valence-electron chi connectivity index (χ4n) is 3.84. The topological polar surface area (TPSA) is 82.0 Å². The SMILES string of the molecule is CCn1c(CO)nn(-c2cc3c(cc2F)c(=O)c(-c2cccc(F)c2)cn3C(C)C)c1=O. The number of pyridine rings is 1. The van der Waals surface area contributed by atoms with Gasteiger partial charge in [-0.05, 0) is 50.6 Å². The molecule has 9 heteroatoms. The summed E-state index contributed by atoms with van der Waals surface area (Å²) in [4.78, 5) is 25.9. The molecule has 0 fully saturated rings. The quantitative estimate of drug-likeness (QED) is 0.516. The number of aromatic nitrogens is 4. The summed E-state index contributed by atoms with van der Waals surface area (Å²) in [5.41, 5.74) is -0.129. The number of halogens is 2. The van der Waals surface area contributed by atoms with E-state index in [1.54, 1.807) is 23.8 Å². The average molecular weight is 440 g/mol. The Bertz CT molecular complexity index is 1450. The van der Waals surface area contributed by atoms with E-state index >= 15 is 4.39 Å². The number of benzene rings is 2. The zero-order chi connectivity index (χ0) is 23.2. The molecular weight excluding hydrogens is 418 g/mol. The highest BCUT2D eigenvalue weighted by molar-refractivity contribution is 5.86. The Labute approximate surface area is 181 Å². The lowest BCUT2D eigenvalue weighted by Crippen LogP contribution is -2.25. The van der Waals surface area contributed by atoms with Crippen LogP contribution in [0.3, 0.4) is 0 Å². The first-order valence-electron chi connectivity index (χ1n) is 10.2. The number of aliphatic hydroxyl groups excluding tert-OH is 1. The standard InChI is InChI=1S/C23H22F2N4O3/c1-4-27-21(12-30)26-29(23(27)32)20-10-19-16(9-18(20)25)22(31)17(11-28(19)13(2)3)14-6-5-7-15(24)8-14/h5-11,13,30H,4,12H2,1-3H3. The lowest BCUT2D eigenvalue weighted by Gasteiger charge is -2.18. The van der Waals surface area contributed by atoms with Crippen LogP contribution in [0.1, 0.15) is 32.6 Å². The molecule has 0 atom stereocenters. The van der Waals surface area contributed by atoms with Gasteiger partial charge in [0.1, 0.15) is 23.9 Å². The van der Waals surface area contributed by atoms with Gasteiger partial charge in [0.15, 0.2) is 11.3 Å². The van der Waals surface area contributed by atoms with Gasteiger partial charge >= 0.3 is 5.69 Å². The fourth-order valence-corrected chi connectivity index (χ4v) is 3.84. The number of nitrogens with zero attached hydrogens (tertiary/aromatic N) is 4. The van der Waals surface area contributed by atoms with Crippen LogP contribution in [0.15, 0.2) is 52.2 Å². The van der Waals surface area contributed by atoms with Crippen molar-refractivity contribution in [2.45, 2.75) is 40.0 Å². The lowest BCUT2D eigenvalue weighted by atomic mass is 10.0. The zero-order valence-electron chi connectivity index (χ0n) is 17.8. The maximum absolute atomic E-state index is 15.2. The lowest BCUT2D eigenvalue weighted by molar-refractivity contribution is 0.264. The maximum Gasteiger partial charge on any atom is 0.350 e. The molecule has 2 aromatic carbocycles. The summed E-state index contributed by atoms with van der Waals surface area (Å²) < 4.78 is 32.8. The Balaban J connectivity index is 2.04. The van der Waals surface area contributed by atoms with Gasteiger partial charge in [0, 0.05) is 29.7 Å². The third-order valence-electron chi connectivity index (χ3n) is 5.42. The van der Waals surface area contributed by atoms with Gasteiger partial charge in [0.05, 0.1) is 5.52 Å². The second-order valence-corrected chi connectivity index (χ2v) is 7.72. The summed E-state index contributed by atoms with van der Waals surface area (Å²) in [5.74, 6) is -1.18. The van der Waals surface area contributed by atoms with Gasteiger partial charge in [-0.1, -0.05) is 12.1 Å². The van der Waals surface area contributed by atoms with E-state index in [0.717, 1.165) is 10.7 Å². The molecule has 2 heterocycles. The molecule has 0 saturated carbocycles. The number of hydrogen-bond acceptors (Lipinski definition) is 4. The second kappa shape index (κ2) is 8.16. The van der Waals surface area contributed by atoms with Crippen molar-refractivity contribution in [3.63, 3.8) is 0 Å². The number of hydrogen-bond donors (Lipinski definition) is 1. The molecule has 4 rings (SSSR count). The van der Waals surface area contributed by atoms with Crippen molar-refractivity contribution in [3.8, 4) is 16.8 Å². The Kier molecular flexibility index (Phi) is 5.52. The summed E-state index contributed by atoms with van der Waals surface area (Å²) >= 11 is 0. The Morgan fingerprint density at radius 1 is 1.12 bits per heavy atom. The van der Waals surface area contributed by atoms with Crippen LogP contribution < -0.4 is 11.1 Å². The molecule has 0 radical (unpaired) electrons. The van der Waals surface area contributed by atoms with Crippen LogP contribution >= 0.6 is 0 Å². The van der Waals surface area contributed by atoms with Crippen LogP contribution in [0.25, 0.3) is 27.7 Å². The predicted octanol–water partition coefficient (Wildman–Crippen LogP) is 3.39. The van der Waals surface area contributed by atoms with Crippen LogP contribution in [0, 0.1) is 11.6 Å². The minimum atomic E-state index is -0.811. The Hall–Kier alpha value is -3.59. The van der Waals surface area contributed by atoms with Crippen molar-refractivity contribution in [3.05, 3.63) is 80.8 Å². The van der Waals surface area contributed by atoms with Gasteiger partial charge in [-0.25, -0.2) is 13.6 Å². The number of fused-ring (bicyclic) bond motifs is 1. The molecule has 0 amide bonds. The molecular formula is C23H22F2N4O3. The van der Waals surface area contributed by atoms with Crippen LogP contribution in [0.4, 0.5) is 8.78 Å². The molecule has 4 aromatic rings.